The fraction of sp³-hybridized carbons (Fsp3) is 0.480. The van der Waals surface area contributed by atoms with Crippen molar-refractivity contribution in [2.45, 2.75) is 38.9 Å². The Balaban J connectivity index is 1.28. The lowest BCUT2D eigenvalue weighted by Gasteiger charge is -2.35. The Bertz CT molecular complexity index is 840. The molecular weight excluding hydrogens is 374 g/mol. The van der Waals surface area contributed by atoms with E-state index < -0.39 is 0 Å². The van der Waals surface area contributed by atoms with Crippen molar-refractivity contribution >= 4 is 5.91 Å². The molecular formula is C25H33N3O2. The van der Waals surface area contributed by atoms with Crippen molar-refractivity contribution in [1.82, 2.24) is 14.7 Å². The maximum atomic E-state index is 13.1. The van der Waals surface area contributed by atoms with Crippen LogP contribution in [0.3, 0.4) is 0 Å². The quantitative estimate of drug-likeness (QED) is 0.673. The largest absolute Gasteiger partial charge is 0.497 e. The van der Waals surface area contributed by atoms with E-state index in [-0.39, 0.29) is 5.91 Å². The molecule has 2 aromatic rings. The van der Waals surface area contributed by atoms with Gasteiger partial charge in [0.1, 0.15) is 5.75 Å². The average Bonchev–Trinajstić information content (AvgIpc) is 3.60. The van der Waals surface area contributed by atoms with Gasteiger partial charge in [-0.15, -0.1) is 0 Å². The minimum atomic E-state index is 0.265. The molecule has 5 heteroatoms. The fourth-order valence-electron chi connectivity index (χ4n) is 4.15. The molecule has 0 unspecified atom stereocenters. The van der Waals surface area contributed by atoms with Crippen molar-refractivity contribution in [1.29, 1.82) is 0 Å². The third kappa shape index (κ3) is 5.41. The monoisotopic (exact) mass is 407 g/mol. The molecule has 1 saturated heterocycles. The summed E-state index contributed by atoms with van der Waals surface area (Å²) in [6.07, 6.45) is 2.26. The minimum absolute atomic E-state index is 0.265. The van der Waals surface area contributed by atoms with Crippen LogP contribution in [-0.4, -0.2) is 66.5 Å². The molecule has 0 aromatic heterocycles. The van der Waals surface area contributed by atoms with Gasteiger partial charge >= 0.3 is 0 Å². The Morgan fingerprint density at radius 1 is 1.00 bits per heavy atom. The predicted molar refractivity (Wildman–Crippen MR) is 119 cm³/mol. The maximum absolute atomic E-state index is 13.1. The van der Waals surface area contributed by atoms with Gasteiger partial charge in [0.15, 0.2) is 0 Å². The van der Waals surface area contributed by atoms with Gasteiger partial charge in [-0.1, -0.05) is 36.4 Å². The molecule has 0 bridgehead atoms. The Labute approximate surface area is 180 Å². The molecule has 1 heterocycles. The van der Waals surface area contributed by atoms with Crippen LogP contribution in [-0.2, 0) is 17.9 Å². The summed E-state index contributed by atoms with van der Waals surface area (Å²) in [5.41, 5.74) is 3.93. The molecule has 0 spiro atoms. The van der Waals surface area contributed by atoms with E-state index in [0.717, 1.165) is 51.3 Å². The second kappa shape index (κ2) is 9.63. The zero-order valence-corrected chi connectivity index (χ0v) is 18.2. The summed E-state index contributed by atoms with van der Waals surface area (Å²) < 4.78 is 5.24. The number of aryl methyl sites for hydroxylation is 1. The molecule has 5 nitrogen and oxygen atoms in total. The molecule has 1 amide bonds. The van der Waals surface area contributed by atoms with Gasteiger partial charge in [0, 0.05) is 45.3 Å². The number of methoxy groups -OCH3 is 1. The van der Waals surface area contributed by atoms with Gasteiger partial charge in [0.25, 0.3) is 0 Å². The number of hydrogen-bond acceptors (Lipinski definition) is 4. The number of rotatable bonds is 8. The van der Waals surface area contributed by atoms with E-state index in [9.17, 15) is 4.79 Å². The highest BCUT2D eigenvalue weighted by Gasteiger charge is 2.33. The van der Waals surface area contributed by atoms with Gasteiger partial charge in [0.2, 0.25) is 5.91 Å². The number of benzene rings is 2. The summed E-state index contributed by atoms with van der Waals surface area (Å²) in [7, 11) is 1.68. The van der Waals surface area contributed by atoms with Crippen LogP contribution < -0.4 is 4.74 Å². The second-order valence-electron chi connectivity index (χ2n) is 8.58. The predicted octanol–water partition coefficient (Wildman–Crippen LogP) is 3.31. The first kappa shape index (κ1) is 20.9. The third-order valence-electron chi connectivity index (χ3n) is 6.30. The number of piperazine rings is 1. The van der Waals surface area contributed by atoms with Gasteiger partial charge in [0.05, 0.1) is 13.7 Å². The smallest absolute Gasteiger partial charge is 0.237 e. The molecule has 0 radical (unpaired) electrons. The highest BCUT2D eigenvalue weighted by molar-refractivity contribution is 5.79. The van der Waals surface area contributed by atoms with Gasteiger partial charge in [-0.25, -0.2) is 0 Å². The number of carbonyl (C=O) groups is 1. The Kier molecular flexibility index (Phi) is 6.70. The Morgan fingerprint density at radius 2 is 1.67 bits per heavy atom. The molecule has 4 rings (SSSR count). The standard InChI is InChI=1S/C25H33N3O2/c1-20-5-3-4-6-22(20)18-26-13-15-27(16-14-26)19-25(29)28(23-9-10-23)17-21-7-11-24(30-2)12-8-21/h3-8,11-12,23H,9-10,13-19H2,1-2H3. The zero-order valence-electron chi connectivity index (χ0n) is 18.2. The minimum Gasteiger partial charge on any atom is -0.497 e. The first-order chi connectivity index (χ1) is 14.6. The zero-order chi connectivity index (χ0) is 20.9. The SMILES string of the molecule is COc1ccc(CN(C(=O)CN2CCN(Cc3ccccc3C)CC2)C2CC2)cc1. The van der Waals surface area contributed by atoms with Crippen molar-refractivity contribution in [2.24, 2.45) is 0 Å². The van der Waals surface area contributed by atoms with E-state index in [4.69, 9.17) is 4.74 Å². The van der Waals surface area contributed by atoms with Crippen LogP contribution in [0.25, 0.3) is 0 Å². The third-order valence-corrected chi connectivity index (χ3v) is 6.30. The fourth-order valence-corrected chi connectivity index (χ4v) is 4.15. The van der Waals surface area contributed by atoms with Crippen molar-refractivity contribution in [3.05, 3.63) is 65.2 Å². The van der Waals surface area contributed by atoms with Gasteiger partial charge < -0.3 is 9.64 Å². The van der Waals surface area contributed by atoms with Gasteiger partial charge in [-0.2, -0.15) is 0 Å². The summed E-state index contributed by atoms with van der Waals surface area (Å²) >= 11 is 0. The average molecular weight is 408 g/mol. The van der Waals surface area contributed by atoms with E-state index in [1.165, 1.54) is 16.7 Å². The molecule has 1 saturated carbocycles. The number of nitrogens with zero attached hydrogens (tertiary/aromatic N) is 3. The highest BCUT2D eigenvalue weighted by Crippen LogP contribution is 2.29. The summed E-state index contributed by atoms with van der Waals surface area (Å²) in [4.78, 5) is 20.0. The summed E-state index contributed by atoms with van der Waals surface area (Å²) in [6, 6.07) is 17.1. The molecule has 1 aliphatic carbocycles. The molecule has 30 heavy (non-hydrogen) atoms. The Hall–Kier alpha value is -2.37. The Morgan fingerprint density at radius 3 is 2.30 bits per heavy atom. The van der Waals surface area contributed by atoms with Crippen molar-refractivity contribution < 1.29 is 9.53 Å². The molecule has 0 atom stereocenters. The van der Waals surface area contributed by atoms with E-state index >= 15 is 0 Å². The molecule has 2 aliphatic rings. The second-order valence-corrected chi connectivity index (χ2v) is 8.58. The number of amides is 1. The van der Waals surface area contributed by atoms with Crippen LogP contribution in [0.4, 0.5) is 0 Å². The molecule has 160 valence electrons. The lowest BCUT2D eigenvalue weighted by molar-refractivity contribution is -0.134. The van der Waals surface area contributed by atoms with Crippen molar-refractivity contribution in [3.8, 4) is 5.75 Å². The first-order valence-electron chi connectivity index (χ1n) is 11.0. The lowest BCUT2D eigenvalue weighted by atomic mass is 10.1. The van der Waals surface area contributed by atoms with E-state index in [0.29, 0.717) is 19.1 Å². The van der Waals surface area contributed by atoms with Crippen molar-refractivity contribution in [3.63, 3.8) is 0 Å². The molecule has 1 aliphatic heterocycles. The van der Waals surface area contributed by atoms with Crippen LogP contribution >= 0.6 is 0 Å². The normalized spacial score (nSPS) is 17.7. The van der Waals surface area contributed by atoms with E-state index in [2.05, 4.69) is 58.0 Å². The molecule has 2 fully saturated rings. The number of carbonyl (C=O) groups excluding carboxylic acids is 1. The van der Waals surface area contributed by atoms with E-state index in [1.54, 1.807) is 7.11 Å². The van der Waals surface area contributed by atoms with Crippen molar-refractivity contribution in [2.75, 3.05) is 39.8 Å². The van der Waals surface area contributed by atoms with E-state index in [1.807, 2.05) is 12.1 Å². The van der Waals surface area contributed by atoms with Crippen LogP contribution in [0.2, 0.25) is 0 Å². The lowest BCUT2D eigenvalue weighted by Crippen LogP contribution is -2.50. The van der Waals surface area contributed by atoms with Gasteiger partial charge in [-0.05, 0) is 48.6 Å². The summed E-state index contributed by atoms with van der Waals surface area (Å²) in [5.74, 6) is 1.12. The van der Waals surface area contributed by atoms with Gasteiger partial charge in [-0.3, -0.25) is 14.6 Å². The summed E-state index contributed by atoms with van der Waals surface area (Å²) in [6.45, 7) is 8.36. The van der Waals surface area contributed by atoms with Crippen LogP contribution in [0.1, 0.15) is 29.5 Å². The summed E-state index contributed by atoms with van der Waals surface area (Å²) in [5, 5.41) is 0. The number of ether oxygens (including phenoxy) is 1. The topological polar surface area (TPSA) is 36.0 Å². The maximum Gasteiger partial charge on any atom is 0.237 e. The first-order valence-corrected chi connectivity index (χ1v) is 11.0. The highest BCUT2D eigenvalue weighted by atomic mass is 16.5. The molecule has 0 N–H and O–H groups in total. The van der Waals surface area contributed by atoms with Crippen LogP contribution in [0, 0.1) is 6.92 Å². The van der Waals surface area contributed by atoms with Crippen LogP contribution in [0.5, 0.6) is 5.75 Å². The number of hydrogen-bond donors (Lipinski definition) is 0. The molecule has 2 aromatic carbocycles. The van der Waals surface area contributed by atoms with Crippen LogP contribution in [0.15, 0.2) is 48.5 Å².